The minimum atomic E-state index is 0.0678. The maximum absolute atomic E-state index is 12.2. The first-order chi connectivity index (χ1) is 8.68. The lowest BCUT2D eigenvalue weighted by Crippen LogP contribution is -2.44. The second-order valence-corrected chi connectivity index (χ2v) is 6.25. The number of amides is 1. The fourth-order valence-electron chi connectivity index (χ4n) is 3.57. The van der Waals surface area contributed by atoms with Crippen LogP contribution in [-0.2, 0) is 4.79 Å². The molecule has 0 saturated heterocycles. The van der Waals surface area contributed by atoms with Gasteiger partial charge >= 0.3 is 0 Å². The molecular formula is C15H28N2O. The van der Waals surface area contributed by atoms with Gasteiger partial charge in [0.15, 0.2) is 0 Å². The first kappa shape index (κ1) is 13.9. The predicted octanol–water partition coefficient (Wildman–Crippen LogP) is 2.59. The van der Waals surface area contributed by atoms with E-state index in [0.717, 1.165) is 19.3 Å². The summed E-state index contributed by atoms with van der Waals surface area (Å²) < 4.78 is 0. The molecule has 2 unspecified atom stereocenters. The van der Waals surface area contributed by atoms with Crippen LogP contribution in [0.3, 0.4) is 0 Å². The molecule has 1 amide bonds. The van der Waals surface area contributed by atoms with E-state index >= 15 is 0 Å². The zero-order chi connectivity index (χ0) is 13.0. The van der Waals surface area contributed by atoms with Gasteiger partial charge in [0, 0.05) is 12.1 Å². The van der Waals surface area contributed by atoms with Crippen LogP contribution in [0, 0.1) is 11.8 Å². The molecule has 0 aliphatic heterocycles. The Morgan fingerprint density at radius 2 is 1.72 bits per heavy atom. The lowest BCUT2D eigenvalue weighted by Gasteiger charge is -2.26. The van der Waals surface area contributed by atoms with E-state index in [4.69, 9.17) is 5.73 Å². The van der Waals surface area contributed by atoms with Crippen LogP contribution < -0.4 is 11.1 Å². The summed E-state index contributed by atoms with van der Waals surface area (Å²) in [6.45, 7) is 2.17. The Morgan fingerprint density at radius 1 is 1.06 bits per heavy atom. The van der Waals surface area contributed by atoms with Crippen molar-refractivity contribution in [2.75, 3.05) is 0 Å². The van der Waals surface area contributed by atoms with Gasteiger partial charge in [0.05, 0.1) is 5.92 Å². The summed E-state index contributed by atoms with van der Waals surface area (Å²) in [5, 5.41) is 3.23. The molecule has 2 aliphatic rings. The zero-order valence-corrected chi connectivity index (χ0v) is 11.7. The van der Waals surface area contributed by atoms with Crippen LogP contribution in [0.2, 0.25) is 0 Å². The van der Waals surface area contributed by atoms with Crippen molar-refractivity contribution in [2.24, 2.45) is 17.6 Å². The fourth-order valence-corrected chi connectivity index (χ4v) is 3.57. The molecule has 0 bridgehead atoms. The lowest BCUT2D eigenvalue weighted by atomic mass is 9.92. The van der Waals surface area contributed by atoms with E-state index in [2.05, 4.69) is 12.2 Å². The molecule has 0 radical (unpaired) electrons. The van der Waals surface area contributed by atoms with Gasteiger partial charge in [-0.15, -0.1) is 0 Å². The second kappa shape index (κ2) is 6.55. The van der Waals surface area contributed by atoms with Gasteiger partial charge in [0.2, 0.25) is 5.91 Å². The first-order valence-corrected chi connectivity index (χ1v) is 7.74. The van der Waals surface area contributed by atoms with Gasteiger partial charge in [-0.05, 0) is 38.5 Å². The lowest BCUT2D eigenvalue weighted by molar-refractivity contribution is -0.126. The number of carbonyl (C=O) groups is 1. The molecule has 2 saturated carbocycles. The molecule has 0 spiro atoms. The predicted molar refractivity (Wildman–Crippen MR) is 74.1 cm³/mol. The molecule has 0 aromatic heterocycles. The molecule has 0 aromatic carbocycles. The van der Waals surface area contributed by atoms with Crippen molar-refractivity contribution >= 4 is 5.91 Å². The molecular weight excluding hydrogens is 224 g/mol. The summed E-state index contributed by atoms with van der Waals surface area (Å²) in [4.78, 5) is 12.2. The van der Waals surface area contributed by atoms with E-state index in [1.807, 2.05) is 0 Å². The fraction of sp³-hybridized carbons (Fsp3) is 0.933. The molecule has 2 aliphatic carbocycles. The third kappa shape index (κ3) is 3.47. The Hall–Kier alpha value is -0.570. The van der Waals surface area contributed by atoms with Crippen molar-refractivity contribution in [1.29, 1.82) is 0 Å². The third-order valence-electron chi connectivity index (χ3n) is 4.88. The molecule has 0 aromatic rings. The van der Waals surface area contributed by atoms with Gasteiger partial charge in [-0.3, -0.25) is 4.79 Å². The summed E-state index contributed by atoms with van der Waals surface area (Å²) in [5.74, 6) is 0.948. The van der Waals surface area contributed by atoms with Crippen LogP contribution in [-0.4, -0.2) is 18.0 Å². The Balaban J connectivity index is 1.82. The van der Waals surface area contributed by atoms with E-state index in [-0.39, 0.29) is 17.9 Å². The highest BCUT2D eigenvalue weighted by Gasteiger charge is 2.31. The van der Waals surface area contributed by atoms with Crippen LogP contribution in [0.4, 0.5) is 0 Å². The minimum Gasteiger partial charge on any atom is -0.353 e. The zero-order valence-electron chi connectivity index (χ0n) is 11.7. The maximum Gasteiger partial charge on any atom is 0.224 e. The smallest absolute Gasteiger partial charge is 0.224 e. The van der Waals surface area contributed by atoms with Gasteiger partial charge in [-0.25, -0.2) is 0 Å². The number of nitrogens with two attached hydrogens (primary N) is 1. The molecule has 0 heterocycles. The van der Waals surface area contributed by atoms with Crippen molar-refractivity contribution in [1.82, 2.24) is 5.32 Å². The van der Waals surface area contributed by atoms with Crippen LogP contribution in [0.5, 0.6) is 0 Å². The first-order valence-electron chi connectivity index (χ1n) is 7.74. The molecule has 3 atom stereocenters. The molecule has 18 heavy (non-hydrogen) atoms. The number of carbonyl (C=O) groups excluding carboxylic acids is 1. The Labute approximate surface area is 111 Å². The molecule has 2 rings (SSSR count). The quantitative estimate of drug-likeness (QED) is 0.759. The normalized spacial score (nSPS) is 31.9. The molecule has 3 N–H and O–H groups in total. The highest BCUT2D eigenvalue weighted by atomic mass is 16.2. The number of nitrogens with one attached hydrogen (secondary N) is 1. The van der Waals surface area contributed by atoms with Crippen LogP contribution in [0.25, 0.3) is 0 Å². The monoisotopic (exact) mass is 252 g/mol. The van der Waals surface area contributed by atoms with E-state index in [0.29, 0.717) is 12.0 Å². The molecule has 3 heteroatoms. The van der Waals surface area contributed by atoms with E-state index < -0.39 is 0 Å². The van der Waals surface area contributed by atoms with Crippen molar-refractivity contribution in [2.45, 2.75) is 76.8 Å². The van der Waals surface area contributed by atoms with Gasteiger partial charge in [0.1, 0.15) is 0 Å². The Bertz CT molecular complexity index is 272. The molecule has 104 valence electrons. The number of rotatable bonds is 3. The average Bonchev–Trinajstić information content (AvgIpc) is 2.63. The standard InChI is InChI=1S/C15H28N2O/c1-11(12-7-4-2-3-5-8-12)17-15(18)13-9-6-10-14(13)16/h11-14H,2-10,16H2,1H3,(H,17,18)/t11-,13?,14?/m1/s1. The number of hydrogen-bond acceptors (Lipinski definition) is 2. The maximum atomic E-state index is 12.2. The summed E-state index contributed by atoms with van der Waals surface area (Å²) in [6, 6.07) is 0.412. The van der Waals surface area contributed by atoms with E-state index in [1.165, 1.54) is 38.5 Å². The topological polar surface area (TPSA) is 55.1 Å². The van der Waals surface area contributed by atoms with Crippen LogP contribution in [0.1, 0.15) is 64.7 Å². The van der Waals surface area contributed by atoms with Crippen molar-refractivity contribution in [3.8, 4) is 0 Å². The highest BCUT2D eigenvalue weighted by Crippen LogP contribution is 2.27. The highest BCUT2D eigenvalue weighted by molar-refractivity contribution is 5.80. The van der Waals surface area contributed by atoms with Gasteiger partial charge < -0.3 is 11.1 Å². The summed E-state index contributed by atoms with van der Waals surface area (Å²) >= 11 is 0. The third-order valence-corrected chi connectivity index (χ3v) is 4.88. The Morgan fingerprint density at radius 3 is 2.28 bits per heavy atom. The average molecular weight is 252 g/mol. The second-order valence-electron chi connectivity index (χ2n) is 6.25. The molecule has 3 nitrogen and oxygen atoms in total. The van der Waals surface area contributed by atoms with Gasteiger partial charge in [-0.1, -0.05) is 32.1 Å². The van der Waals surface area contributed by atoms with Crippen LogP contribution >= 0.6 is 0 Å². The summed E-state index contributed by atoms with van der Waals surface area (Å²) in [7, 11) is 0. The van der Waals surface area contributed by atoms with Gasteiger partial charge in [-0.2, -0.15) is 0 Å². The minimum absolute atomic E-state index is 0.0678. The SMILES string of the molecule is C[C@@H](NC(=O)C1CCCC1N)C1CCCCCC1. The summed E-state index contributed by atoms with van der Waals surface area (Å²) in [5.41, 5.74) is 6.00. The Kier molecular flexibility index (Phi) is 5.04. The van der Waals surface area contributed by atoms with Gasteiger partial charge in [0.25, 0.3) is 0 Å². The van der Waals surface area contributed by atoms with Crippen molar-refractivity contribution in [3.05, 3.63) is 0 Å². The largest absolute Gasteiger partial charge is 0.353 e. The van der Waals surface area contributed by atoms with Crippen molar-refractivity contribution < 1.29 is 4.79 Å². The van der Waals surface area contributed by atoms with E-state index in [9.17, 15) is 4.79 Å². The van der Waals surface area contributed by atoms with E-state index in [1.54, 1.807) is 0 Å². The number of hydrogen-bond donors (Lipinski definition) is 2. The van der Waals surface area contributed by atoms with Crippen LogP contribution in [0.15, 0.2) is 0 Å². The summed E-state index contributed by atoms with van der Waals surface area (Å²) in [6.07, 6.45) is 11.0. The van der Waals surface area contributed by atoms with Crippen molar-refractivity contribution in [3.63, 3.8) is 0 Å². The molecule has 2 fully saturated rings.